The van der Waals surface area contributed by atoms with Crippen LogP contribution in [0.1, 0.15) is 23.5 Å². The summed E-state index contributed by atoms with van der Waals surface area (Å²) in [5.41, 5.74) is 3.58. The van der Waals surface area contributed by atoms with Gasteiger partial charge < -0.3 is 24.3 Å². The van der Waals surface area contributed by atoms with Crippen molar-refractivity contribution in [2.24, 2.45) is 0 Å². The van der Waals surface area contributed by atoms with E-state index in [1.807, 2.05) is 18.2 Å². The maximum atomic E-state index is 13.6. The Labute approximate surface area is 227 Å². The van der Waals surface area contributed by atoms with E-state index >= 15 is 0 Å². The minimum absolute atomic E-state index is 0.356. The number of rotatable bonds is 6. The molecule has 13 heteroatoms. The number of fused-ring (bicyclic) bond motifs is 2. The fourth-order valence-corrected chi connectivity index (χ4v) is 4.73. The molecule has 0 fully saturated rings. The van der Waals surface area contributed by atoms with Crippen LogP contribution in [0.25, 0.3) is 27.8 Å². The molecule has 0 bridgehead atoms. The number of H-pyrrole nitrogens is 1. The van der Waals surface area contributed by atoms with Gasteiger partial charge in [-0.15, -0.1) is 5.10 Å². The van der Waals surface area contributed by atoms with E-state index in [1.54, 1.807) is 23.0 Å². The van der Waals surface area contributed by atoms with Crippen molar-refractivity contribution in [1.29, 1.82) is 0 Å². The molecule has 39 heavy (non-hydrogen) atoms. The average Bonchev–Trinajstić information content (AvgIpc) is 3.70. The second-order valence-electron chi connectivity index (χ2n) is 8.75. The second kappa shape index (κ2) is 11.1. The second-order valence-corrected chi connectivity index (χ2v) is 9.19. The molecule has 2 aromatic carbocycles. The third kappa shape index (κ3) is 5.24. The predicted molar refractivity (Wildman–Crippen MR) is 140 cm³/mol. The van der Waals surface area contributed by atoms with E-state index in [9.17, 15) is 9.50 Å². The summed E-state index contributed by atoms with van der Waals surface area (Å²) in [6.07, 6.45) is 4.23. The molecule has 5 aromatic rings. The predicted octanol–water partition coefficient (Wildman–Crippen LogP) is 3.78. The first-order valence-electron chi connectivity index (χ1n) is 11.9. The molecule has 1 atom stereocenters. The average molecular weight is 554 g/mol. The van der Waals surface area contributed by atoms with Gasteiger partial charge in [-0.05, 0) is 71.3 Å². The van der Waals surface area contributed by atoms with Gasteiger partial charge >= 0.3 is 0 Å². The summed E-state index contributed by atoms with van der Waals surface area (Å²) in [5.74, 6) is -0.0107. The molecular weight excluding hydrogens is 529 g/mol. The van der Waals surface area contributed by atoms with Crippen LogP contribution < -0.4 is 0 Å². The van der Waals surface area contributed by atoms with Crippen molar-refractivity contribution in [3.63, 3.8) is 0 Å². The number of hydrogen-bond donors (Lipinski definition) is 2. The summed E-state index contributed by atoms with van der Waals surface area (Å²) in [6.45, 7) is -0.514. The lowest BCUT2D eigenvalue weighted by atomic mass is 9.98. The monoisotopic (exact) mass is 553 g/mol. The van der Waals surface area contributed by atoms with Crippen molar-refractivity contribution in [3.05, 3.63) is 82.9 Å². The van der Waals surface area contributed by atoms with E-state index in [-0.39, 0.29) is 5.82 Å². The quantitative estimate of drug-likeness (QED) is 0.301. The number of hydrogen-bond acceptors (Lipinski definition) is 9. The van der Waals surface area contributed by atoms with Gasteiger partial charge in [0.1, 0.15) is 18.0 Å². The van der Waals surface area contributed by atoms with Crippen molar-refractivity contribution in [2.75, 3.05) is 21.3 Å². The van der Waals surface area contributed by atoms with Gasteiger partial charge in [0, 0.05) is 43.7 Å². The number of aryl methyl sites for hydroxylation is 1. The maximum Gasteiger partial charge on any atom is 0.270 e. The smallest absolute Gasteiger partial charge is 0.270 e. The summed E-state index contributed by atoms with van der Waals surface area (Å²) in [5, 5.41) is 23.5. The number of aromatic nitrogens is 7. The van der Waals surface area contributed by atoms with Crippen LogP contribution in [0, 0.1) is 5.82 Å². The molecule has 11 nitrogen and oxygen atoms in total. The van der Waals surface area contributed by atoms with Crippen LogP contribution in [-0.4, -0.2) is 68.1 Å². The number of pyridine rings is 1. The minimum atomic E-state index is -1.38. The zero-order chi connectivity index (χ0) is 27.6. The summed E-state index contributed by atoms with van der Waals surface area (Å²) >= 11 is 6.26. The molecule has 0 saturated heterocycles. The fraction of sp³-hybridized carbons (Fsp3) is 0.269. The Bertz CT molecular complexity index is 1590. The lowest BCUT2D eigenvalue weighted by molar-refractivity contribution is -0.252. The SMILES string of the molecule is COC(OC)OC.OC1(c2nc3ccc(F)cc3[nH]2)CCc2cc(-c3cc(Cl)ccc3-n3cnnn3)cnc21. The highest BCUT2D eigenvalue weighted by atomic mass is 35.5. The van der Waals surface area contributed by atoms with Crippen molar-refractivity contribution in [2.45, 2.75) is 24.9 Å². The molecule has 0 radical (unpaired) electrons. The van der Waals surface area contributed by atoms with Crippen LogP contribution in [0.3, 0.4) is 0 Å². The topological polar surface area (TPSA) is 133 Å². The van der Waals surface area contributed by atoms with Crippen molar-refractivity contribution < 1.29 is 23.7 Å². The van der Waals surface area contributed by atoms with E-state index < -0.39 is 12.1 Å². The number of ether oxygens (including phenoxy) is 3. The molecule has 3 heterocycles. The number of aliphatic hydroxyl groups is 1. The Morgan fingerprint density at radius 1 is 1.10 bits per heavy atom. The standard InChI is InChI=1S/C22H15ClFN7O.C4H10O3/c23-14-1-4-19(31-11-26-29-30-31)16(8-14)13-7-12-5-6-22(32,20(12)25-10-13)21-27-17-3-2-15(24)9-18(17)28-21;1-5-4(6-2)7-3/h1-4,7-11,32H,5-6H2,(H,27,28);4H,1-3H3. The van der Waals surface area contributed by atoms with Gasteiger partial charge in [0.25, 0.3) is 6.48 Å². The Morgan fingerprint density at radius 3 is 2.59 bits per heavy atom. The number of halogens is 2. The first-order valence-corrected chi connectivity index (χ1v) is 12.2. The van der Waals surface area contributed by atoms with Gasteiger partial charge in [-0.2, -0.15) is 4.68 Å². The molecule has 0 amide bonds. The third-order valence-corrected chi connectivity index (χ3v) is 6.63. The highest BCUT2D eigenvalue weighted by molar-refractivity contribution is 6.31. The van der Waals surface area contributed by atoms with Gasteiger partial charge in [0.15, 0.2) is 5.60 Å². The maximum absolute atomic E-state index is 13.6. The molecule has 6 rings (SSSR count). The van der Waals surface area contributed by atoms with E-state index in [4.69, 9.17) is 11.6 Å². The van der Waals surface area contributed by atoms with E-state index in [0.717, 1.165) is 22.4 Å². The zero-order valence-corrected chi connectivity index (χ0v) is 22.1. The van der Waals surface area contributed by atoms with Gasteiger partial charge in [-0.25, -0.2) is 9.37 Å². The number of methoxy groups -OCH3 is 3. The molecule has 3 aromatic heterocycles. The van der Waals surface area contributed by atoms with Gasteiger partial charge in [0.05, 0.1) is 22.4 Å². The molecule has 0 aliphatic heterocycles. The van der Waals surface area contributed by atoms with Gasteiger partial charge in [-0.1, -0.05) is 11.6 Å². The number of nitrogens with one attached hydrogen (secondary N) is 1. The number of nitrogens with zero attached hydrogens (tertiary/aromatic N) is 6. The molecule has 202 valence electrons. The summed E-state index contributed by atoms with van der Waals surface area (Å²) in [4.78, 5) is 12.2. The largest absolute Gasteiger partial charge is 0.375 e. The van der Waals surface area contributed by atoms with Gasteiger partial charge in [0.2, 0.25) is 0 Å². The molecule has 1 unspecified atom stereocenters. The number of imidazole rings is 1. The molecule has 0 spiro atoms. The normalized spacial score (nSPS) is 16.4. The molecule has 1 aliphatic rings. The van der Waals surface area contributed by atoms with Gasteiger partial charge in [-0.3, -0.25) is 4.98 Å². The third-order valence-electron chi connectivity index (χ3n) is 6.39. The van der Waals surface area contributed by atoms with Crippen LogP contribution in [0.2, 0.25) is 5.02 Å². The first-order chi connectivity index (χ1) is 18.9. The van der Waals surface area contributed by atoms with E-state index in [2.05, 4.69) is 44.7 Å². The van der Waals surface area contributed by atoms with E-state index in [1.165, 1.54) is 39.8 Å². The number of benzene rings is 2. The van der Waals surface area contributed by atoms with Crippen LogP contribution in [0.15, 0.2) is 55.0 Å². The Kier molecular flexibility index (Phi) is 7.64. The fourth-order valence-electron chi connectivity index (χ4n) is 4.56. The number of aromatic amines is 1. The Balaban J connectivity index is 0.000000392. The van der Waals surface area contributed by atoms with Crippen LogP contribution >= 0.6 is 11.6 Å². The number of tetrazole rings is 1. The molecule has 0 saturated carbocycles. The summed E-state index contributed by atoms with van der Waals surface area (Å²) < 4.78 is 29.0. The van der Waals surface area contributed by atoms with E-state index in [0.29, 0.717) is 40.4 Å². The minimum Gasteiger partial charge on any atom is -0.375 e. The first kappa shape index (κ1) is 26.8. The lowest BCUT2D eigenvalue weighted by Gasteiger charge is -2.20. The highest BCUT2D eigenvalue weighted by Crippen LogP contribution is 2.42. The lowest BCUT2D eigenvalue weighted by Crippen LogP contribution is -2.26. The van der Waals surface area contributed by atoms with Crippen molar-refractivity contribution in [3.8, 4) is 16.8 Å². The Morgan fingerprint density at radius 2 is 1.90 bits per heavy atom. The highest BCUT2D eigenvalue weighted by Gasteiger charge is 2.42. The summed E-state index contributed by atoms with van der Waals surface area (Å²) in [7, 11) is 4.53. The Hall–Kier alpha value is -3.81. The molecule has 2 N–H and O–H groups in total. The molecule has 1 aliphatic carbocycles. The van der Waals surface area contributed by atoms with Crippen molar-refractivity contribution >= 4 is 22.6 Å². The zero-order valence-electron chi connectivity index (χ0n) is 21.3. The van der Waals surface area contributed by atoms with Crippen molar-refractivity contribution in [1.82, 2.24) is 35.2 Å². The van der Waals surface area contributed by atoms with Crippen LogP contribution in [0.5, 0.6) is 0 Å². The van der Waals surface area contributed by atoms with Crippen LogP contribution in [0.4, 0.5) is 4.39 Å². The summed E-state index contributed by atoms with van der Waals surface area (Å²) in [6, 6.07) is 11.7. The van der Waals surface area contributed by atoms with Crippen LogP contribution in [-0.2, 0) is 26.2 Å². The molecular formula is C26H25ClFN7O4.